The van der Waals surface area contributed by atoms with Crippen molar-refractivity contribution in [1.29, 1.82) is 0 Å². The molecule has 0 unspecified atom stereocenters. The van der Waals surface area contributed by atoms with Gasteiger partial charge in [-0.15, -0.1) is 11.3 Å². The van der Waals surface area contributed by atoms with Crippen LogP contribution in [0, 0.1) is 0 Å². The monoisotopic (exact) mass is 319 g/mol. The lowest BCUT2D eigenvalue weighted by Crippen LogP contribution is -2.13. The number of sulfonamides is 1. The van der Waals surface area contributed by atoms with E-state index in [1.165, 1.54) is 18.5 Å². The molecule has 0 aromatic carbocycles. The smallest absolute Gasteiger partial charge is 0.247 e. The molecule has 84 valence electrons. The van der Waals surface area contributed by atoms with Crippen molar-refractivity contribution in [3.8, 4) is 0 Å². The first-order valence-corrected chi connectivity index (χ1v) is 7.22. The summed E-state index contributed by atoms with van der Waals surface area (Å²) in [5, 5.41) is 0. The average Bonchev–Trinajstić information content (AvgIpc) is 2.66. The van der Waals surface area contributed by atoms with E-state index in [1.807, 2.05) is 0 Å². The molecule has 1 N–H and O–H groups in total. The summed E-state index contributed by atoms with van der Waals surface area (Å²) in [5.74, 6) is 0.0621. The number of thiophene rings is 1. The highest BCUT2D eigenvalue weighted by Gasteiger charge is 2.17. The maximum absolute atomic E-state index is 11.8. The number of nitrogens with one attached hydrogen (secondary N) is 1. The Balaban J connectivity index is 2.28. The van der Waals surface area contributed by atoms with Crippen molar-refractivity contribution >= 4 is 43.2 Å². The Morgan fingerprint density at radius 1 is 1.25 bits per heavy atom. The fourth-order valence-electron chi connectivity index (χ4n) is 0.964. The molecule has 8 heteroatoms. The Hall–Kier alpha value is -0.990. The second-order valence-electron chi connectivity index (χ2n) is 2.74. The van der Waals surface area contributed by atoms with E-state index in [1.54, 1.807) is 12.1 Å². The summed E-state index contributed by atoms with van der Waals surface area (Å²) in [6.07, 6.45) is 2.93. The van der Waals surface area contributed by atoms with Gasteiger partial charge in [-0.3, -0.25) is 0 Å². The molecule has 0 bridgehead atoms. The molecule has 0 fully saturated rings. The highest BCUT2D eigenvalue weighted by atomic mass is 79.9. The second kappa shape index (κ2) is 4.48. The van der Waals surface area contributed by atoms with Crippen molar-refractivity contribution in [3.05, 3.63) is 34.4 Å². The number of aromatic nitrogens is 2. The van der Waals surface area contributed by atoms with Crippen LogP contribution in [0.5, 0.6) is 0 Å². The summed E-state index contributed by atoms with van der Waals surface area (Å²) >= 11 is 4.33. The summed E-state index contributed by atoms with van der Waals surface area (Å²) in [5.41, 5.74) is 0. The Bertz CT molecular complexity index is 582. The Kier molecular flexibility index (Phi) is 3.22. The van der Waals surface area contributed by atoms with Gasteiger partial charge in [-0.2, -0.15) is 0 Å². The number of halogens is 1. The van der Waals surface area contributed by atoms with Crippen LogP contribution in [-0.2, 0) is 10.0 Å². The summed E-state index contributed by atoms with van der Waals surface area (Å²) in [7, 11) is -3.58. The number of rotatable bonds is 3. The van der Waals surface area contributed by atoms with Crippen LogP contribution >= 0.6 is 27.3 Å². The van der Waals surface area contributed by atoms with Gasteiger partial charge in [0, 0.05) is 12.4 Å². The zero-order valence-corrected chi connectivity index (χ0v) is 11.0. The molecule has 2 heterocycles. The van der Waals surface area contributed by atoms with E-state index in [9.17, 15) is 8.42 Å². The molecule has 0 aliphatic heterocycles. The third-order valence-corrected chi connectivity index (χ3v) is 5.05. The maximum atomic E-state index is 11.8. The molecule has 0 saturated carbocycles. The molecule has 16 heavy (non-hydrogen) atoms. The third-order valence-electron chi connectivity index (χ3n) is 1.60. The van der Waals surface area contributed by atoms with Crippen molar-refractivity contribution in [2.24, 2.45) is 0 Å². The fourth-order valence-corrected chi connectivity index (χ4v) is 3.93. The van der Waals surface area contributed by atoms with Crippen LogP contribution in [0.1, 0.15) is 0 Å². The van der Waals surface area contributed by atoms with Gasteiger partial charge >= 0.3 is 0 Å². The van der Waals surface area contributed by atoms with Crippen molar-refractivity contribution in [3.63, 3.8) is 0 Å². The van der Waals surface area contributed by atoms with Gasteiger partial charge < -0.3 is 0 Å². The normalized spacial score (nSPS) is 11.3. The molecule has 2 aromatic rings. The maximum Gasteiger partial charge on any atom is 0.273 e. The largest absolute Gasteiger partial charge is 0.273 e. The Labute approximate surface area is 105 Å². The molecular formula is C8H6BrN3O2S2. The van der Waals surface area contributed by atoms with Gasteiger partial charge in [0.25, 0.3) is 10.0 Å². The lowest BCUT2D eigenvalue weighted by atomic mass is 10.7. The van der Waals surface area contributed by atoms with Crippen molar-refractivity contribution in [1.82, 2.24) is 9.97 Å². The first kappa shape index (κ1) is 11.5. The van der Waals surface area contributed by atoms with Crippen molar-refractivity contribution < 1.29 is 8.42 Å². The summed E-state index contributed by atoms with van der Waals surface area (Å²) in [4.78, 5) is 7.58. The van der Waals surface area contributed by atoms with E-state index in [-0.39, 0.29) is 10.2 Å². The number of anilines is 1. The zero-order valence-electron chi connectivity index (χ0n) is 7.79. The molecule has 0 saturated heterocycles. The van der Waals surface area contributed by atoms with Crippen LogP contribution in [0.15, 0.2) is 38.6 Å². The molecule has 0 aliphatic rings. The van der Waals surface area contributed by atoms with Crippen LogP contribution in [0.4, 0.5) is 5.95 Å². The van der Waals surface area contributed by atoms with Gasteiger partial charge in [-0.1, -0.05) is 0 Å². The van der Waals surface area contributed by atoms with Crippen LogP contribution in [0.3, 0.4) is 0 Å². The molecule has 0 amide bonds. The van der Waals surface area contributed by atoms with Crippen molar-refractivity contribution in [2.75, 3.05) is 4.72 Å². The second-order valence-corrected chi connectivity index (χ2v) is 7.11. The highest BCUT2D eigenvalue weighted by Crippen LogP contribution is 2.26. The SMILES string of the molecule is O=S(=O)(Nc1ncccn1)c1ccc(Br)s1. The standard InChI is InChI=1S/C8H6BrN3O2S2/c9-6-2-3-7(15-6)16(13,14)12-8-10-4-1-5-11-8/h1-5H,(H,10,11,12). The highest BCUT2D eigenvalue weighted by molar-refractivity contribution is 9.11. The Morgan fingerprint density at radius 3 is 2.50 bits per heavy atom. The van der Waals surface area contributed by atoms with E-state index in [0.717, 1.165) is 15.1 Å². The lowest BCUT2D eigenvalue weighted by Gasteiger charge is -2.02. The minimum absolute atomic E-state index is 0.0621. The van der Waals surface area contributed by atoms with Gasteiger partial charge in [-0.25, -0.2) is 23.1 Å². The molecule has 5 nitrogen and oxygen atoms in total. The quantitative estimate of drug-likeness (QED) is 0.940. The van der Waals surface area contributed by atoms with E-state index in [2.05, 4.69) is 30.6 Å². The molecular weight excluding hydrogens is 314 g/mol. The van der Waals surface area contributed by atoms with Gasteiger partial charge in [0.15, 0.2) is 0 Å². The van der Waals surface area contributed by atoms with Crippen LogP contribution in [-0.4, -0.2) is 18.4 Å². The molecule has 0 radical (unpaired) electrons. The molecule has 2 rings (SSSR count). The lowest BCUT2D eigenvalue weighted by molar-refractivity contribution is 0.602. The Morgan fingerprint density at radius 2 is 1.94 bits per heavy atom. The number of hydrogen-bond donors (Lipinski definition) is 1. The summed E-state index contributed by atoms with van der Waals surface area (Å²) < 4.78 is 26.9. The van der Waals surface area contributed by atoms with Crippen LogP contribution in [0.25, 0.3) is 0 Å². The first-order valence-electron chi connectivity index (χ1n) is 4.13. The topological polar surface area (TPSA) is 72.0 Å². The zero-order chi connectivity index (χ0) is 11.6. The van der Waals surface area contributed by atoms with Crippen LogP contribution in [0.2, 0.25) is 0 Å². The number of nitrogens with zero attached hydrogens (tertiary/aromatic N) is 2. The predicted octanol–water partition coefficient (Wildman–Crippen LogP) is 2.10. The predicted molar refractivity (Wildman–Crippen MR) is 64.9 cm³/mol. The third kappa shape index (κ3) is 2.57. The van der Waals surface area contributed by atoms with Crippen LogP contribution < -0.4 is 4.72 Å². The molecule has 2 aromatic heterocycles. The fraction of sp³-hybridized carbons (Fsp3) is 0. The van der Waals surface area contributed by atoms with Gasteiger partial charge in [-0.05, 0) is 34.1 Å². The molecule has 0 aliphatic carbocycles. The van der Waals surface area contributed by atoms with Crippen molar-refractivity contribution in [2.45, 2.75) is 4.21 Å². The molecule has 0 atom stereocenters. The average molecular weight is 320 g/mol. The summed E-state index contributed by atoms with van der Waals surface area (Å²) in [6, 6.07) is 4.80. The van der Waals surface area contributed by atoms with Gasteiger partial charge in [0.2, 0.25) is 5.95 Å². The number of hydrogen-bond acceptors (Lipinski definition) is 5. The summed E-state index contributed by atoms with van der Waals surface area (Å²) in [6.45, 7) is 0. The van der Waals surface area contributed by atoms with E-state index in [4.69, 9.17) is 0 Å². The molecule has 0 spiro atoms. The van der Waals surface area contributed by atoms with Gasteiger partial charge in [0.1, 0.15) is 4.21 Å². The van der Waals surface area contributed by atoms with E-state index in [0.29, 0.717) is 0 Å². The minimum atomic E-state index is -3.58. The van der Waals surface area contributed by atoms with E-state index >= 15 is 0 Å². The first-order chi connectivity index (χ1) is 7.58. The minimum Gasteiger partial charge on any atom is -0.247 e. The van der Waals surface area contributed by atoms with E-state index < -0.39 is 10.0 Å². The van der Waals surface area contributed by atoms with Gasteiger partial charge in [0.05, 0.1) is 3.79 Å².